The van der Waals surface area contributed by atoms with Crippen molar-refractivity contribution in [2.45, 2.75) is 39.2 Å². The molecule has 0 saturated carbocycles. The molecule has 0 heterocycles. The molecule has 0 bridgehead atoms. The van der Waals surface area contributed by atoms with Gasteiger partial charge in [-0.25, -0.2) is 0 Å². The Morgan fingerprint density at radius 3 is 2.67 bits per heavy atom. The highest BCUT2D eigenvalue weighted by atomic mass is 16.5. The number of hydrogen-bond acceptors (Lipinski definition) is 3. The van der Waals surface area contributed by atoms with Crippen LogP contribution >= 0.6 is 0 Å². The maximum absolute atomic E-state index is 11.5. The number of nitrogens with one attached hydrogen (secondary N) is 2. The lowest BCUT2D eigenvalue weighted by molar-refractivity contribution is -0.122. The van der Waals surface area contributed by atoms with Crippen molar-refractivity contribution in [3.05, 3.63) is 0 Å². The number of hydrogen-bond donors (Lipinski definition) is 2. The Kier molecular flexibility index (Phi) is 9.52. The molecule has 0 aromatic heterocycles. The fourth-order valence-electron chi connectivity index (χ4n) is 1.22. The van der Waals surface area contributed by atoms with E-state index < -0.39 is 0 Å². The summed E-state index contributed by atoms with van der Waals surface area (Å²) in [4.78, 5) is 11.5. The van der Waals surface area contributed by atoms with Crippen LogP contribution in [0, 0.1) is 0 Å². The Morgan fingerprint density at radius 2 is 2.07 bits per heavy atom. The van der Waals surface area contributed by atoms with E-state index in [0.29, 0.717) is 13.2 Å². The second kappa shape index (κ2) is 9.93. The quantitative estimate of drug-likeness (QED) is 0.563. The van der Waals surface area contributed by atoms with Crippen molar-refractivity contribution in [1.29, 1.82) is 0 Å². The van der Waals surface area contributed by atoms with Crippen LogP contribution in [0.3, 0.4) is 0 Å². The van der Waals surface area contributed by atoms with Crippen LogP contribution < -0.4 is 10.6 Å². The SMILES string of the molecule is CCCCCNC(C)C(=O)NCCOC. The van der Waals surface area contributed by atoms with Crippen LogP contribution in [0.25, 0.3) is 0 Å². The molecule has 0 spiro atoms. The van der Waals surface area contributed by atoms with Gasteiger partial charge >= 0.3 is 0 Å². The molecule has 90 valence electrons. The van der Waals surface area contributed by atoms with Gasteiger partial charge in [-0.05, 0) is 19.9 Å². The van der Waals surface area contributed by atoms with Gasteiger partial charge in [0.1, 0.15) is 0 Å². The molecule has 0 rings (SSSR count). The molecule has 4 nitrogen and oxygen atoms in total. The van der Waals surface area contributed by atoms with Crippen molar-refractivity contribution in [2.75, 3.05) is 26.8 Å². The van der Waals surface area contributed by atoms with Gasteiger partial charge in [0.15, 0.2) is 0 Å². The Hall–Kier alpha value is -0.610. The fourth-order valence-corrected chi connectivity index (χ4v) is 1.22. The third kappa shape index (κ3) is 8.39. The van der Waals surface area contributed by atoms with E-state index in [1.54, 1.807) is 7.11 Å². The molecule has 0 aliphatic heterocycles. The molecule has 0 aromatic carbocycles. The zero-order valence-corrected chi connectivity index (χ0v) is 10.1. The number of unbranched alkanes of at least 4 members (excludes halogenated alkanes) is 2. The molecule has 4 heteroatoms. The normalized spacial score (nSPS) is 12.5. The third-order valence-electron chi connectivity index (χ3n) is 2.23. The molecule has 0 aliphatic rings. The molecule has 1 unspecified atom stereocenters. The summed E-state index contributed by atoms with van der Waals surface area (Å²) in [6.07, 6.45) is 3.55. The van der Waals surface area contributed by atoms with Gasteiger partial charge in [-0.2, -0.15) is 0 Å². The van der Waals surface area contributed by atoms with Crippen molar-refractivity contribution >= 4 is 5.91 Å². The summed E-state index contributed by atoms with van der Waals surface area (Å²) in [5, 5.41) is 5.99. The molecule has 1 amide bonds. The number of methoxy groups -OCH3 is 1. The minimum Gasteiger partial charge on any atom is -0.383 e. The van der Waals surface area contributed by atoms with E-state index in [4.69, 9.17) is 4.74 Å². The largest absolute Gasteiger partial charge is 0.383 e. The Bertz CT molecular complexity index is 163. The predicted octanol–water partition coefficient (Wildman–Crippen LogP) is 0.917. The standard InChI is InChI=1S/C11H24N2O2/c1-4-5-6-7-12-10(2)11(14)13-8-9-15-3/h10,12H,4-9H2,1-3H3,(H,13,14). The molecule has 2 N–H and O–H groups in total. The molecule has 0 aliphatic carbocycles. The predicted molar refractivity (Wildman–Crippen MR) is 61.9 cm³/mol. The van der Waals surface area contributed by atoms with Crippen LogP contribution in [0.1, 0.15) is 33.1 Å². The van der Waals surface area contributed by atoms with Gasteiger partial charge in [0.25, 0.3) is 0 Å². The summed E-state index contributed by atoms with van der Waals surface area (Å²) in [5.74, 6) is 0.0450. The number of carbonyl (C=O) groups is 1. The highest BCUT2D eigenvalue weighted by molar-refractivity contribution is 5.81. The lowest BCUT2D eigenvalue weighted by Crippen LogP contribution is -2.43. The highest BCUT2D eigenvalue weighted by Crippen LogP contribution is 1.92. The average Bonchev–Trinajstić information content (AvgIpc) is 2.24. The second-order valence-electron chi connectivity index (χ2n) is 3.67. The van der Waals surface area contributed by atoms with Crippen molar-refractivity contribution in [3.8, 4) is 0 Å². The van der Waals surface area contributed by atoms with E-state index in [1.807, 2.05) is 6.92 Å². The van der Waals surface area contributed by atoms with E-state index in [-0.39, 0.29) is 11.9 Å². The summed E-state index contributed by atoms with van der Waals surface area (Å²) >= 11 is 0. The highest BCUT2D eigenvalue weighted by Gasteiger charge is 2.10. The van der Waals surface area contributed by atoms with Crippen LogP contribution in [0.4, 0.5) is 0 Å². The smallest absolute Gasteiger partial charge is 0.236 e. The Morgan fingerprint density at radius 1 is 1.33 bits per heavy atom. The first-order valence-electron chi connectivity index (χ1n) is 5.72. The number of carbonyl (C=O) groups excluding carboxylic acids is 1. The number of amides is 1. The van der Waals surface area contributed by atoms with Crippen LogP contribution in [-0.2, 0) is 9.53 Å². The molecule has 0 fully saturated rings. The van der Waals surface area contributed by atoms with E-state index in [1.165, 1.54) is 12.8 Å². The first kappa shape index (κ1) is 14.4. The van der Waals surface area contributed by atoms with Crippen LogP contribution in [0.15, 0.2) is 0 Å². The molecular weight excluding hydrogens is 192 g/mol. The second-order valence-corrected chi connectivity index (χ2v) is 3.67. The van der Waals surface area contributed by atoms with Crippen LogP contribution in [0.5, 0.6) is 0 Å². The van der Waals surface area contributed by atoms with Gasteiger partial charge in [0.05, 0.1) is 12.6 Å². The van der Waals surface area contributed by atoms with Gasteiger partial charge < -0.3 is 15.4 Å². The molecule has 0 radical (unpaired) electrons. The van der Waals surface area contributed by atoms with Gasteiger partial charge in [-0.15, -0.1) is 0 Å². The summed E-state index contributed by atoms with van der Waals surface area (Å²) in [5.41, 5.74) is 0. The topological polar surface area (TPSA) is 50.4 Å². The number of rotatable bonds is 9. The van der Waals surface area contributed by atoms with Gasteiger partial charge in [0.2, 0.25) is 5.91 Å². The minimum atomic E-state index is -0.112. The Labute approximate surface area is 92.8 Å². The average molecular weight is 216 g/mol. The first-order valence-corrected chi connectivity index (χ1v) is 5.72. The van der Waals surface area contributed by atoms with Crippen LogP contribution in [0.2, 0.25) is 0 Å². The first-order chi connectivity index (χ1) is 7.22. The maximum Gasteiger partial charge on any atom is 0.236 e. The molecular formula is C11H24N2O2. The van der Waals surface area contributed by atoms with E-state index in [2.05, 4.69) is 17.6 Å². The van der Waals surface area contributed by atoms with Gasteiger partial charge in [0, 0.05) is 13.7 Å². The van der Waals surface area contributed by atoms with Crippen molar-refractivity contribution in [3.63, 3.8) is 0 Å². The van der Waals surface area contributed by atoms with Gasteiger partial charge in [-0.3, -0.25) is 4.79 Å². The summed E-state index contributed by atoms with van der Waals surface area (Å²) in [6.45, 7) is 6.10. The third-order valence-corrected chi connectivity index (χ3v) is 2.23. The molecule has 0 saturated heterocycles. The summed E-state index contributed by atoms with van der Waals surface area (Å²) in [6, 6.07) is -0.112. The maximum atomic E-state index is 11.5. The van der Waals surface area contributed by atoms with E-state index in [9.17, 15) is 4.79 Å². The zero-order chi connectivity index (χ0) is 11.5. The van der Waals surface area contributed by atoms with Crippen molar-refractivity contribution in [2.24, 2.45) is 0 Å². The summed E-state index contributed by atoms with van der Waals surface area (Å²) < 4.78 is 4.85. The van der Waals surface area contributed by atoms with E-state index in [0.717, 1.165) is 13.0 Å². The van der Waals surface area contributed by atoms with Gasteiger partial charge in [-0.1, -0.05) is 19.8 Å². The summed E-state index contributed by atoms with van der Waals surface area (Å²) in [7, 11) is 1.62. The Balaban J connectivity index is 3.42. The lowest BCUT2D eigenvalue weighted by Gasteiger charge is -2.13. The molecule has 1 atom stereocenters. The molecule has 15 heavy (non-hydrogen) atoms. The van der Waals surface area contributed by atoms with E-state index >= 15 is 0 Å². The lowest BCUT2D eigenvalue weighted by atomic mass is 10.2. The number of ether oxygens (including phenoxy) is 1. The monoisotopic (exact) mass is 216 g/mol. The zero-order valence-electron chi connectivity index (χ0n) is 10.1. The van der Waals surface area contributed by atoms with Crippen molar-refractivity contribution < 1.29 is 9.53 Å². The van der Waals surface area contributed by atoms with Crippen molar-refractivity contribution in [1.82, 2.24) is 10.6 Å². The fraction of sp³-hybridized carbons (Fsp3) is 0.909. The molecule has 0 aromatic rings. The van der Waals surface area contributed by atoms with Crippen LogP contribution in [-0.4, -0.2) is 38.8 Å². The minimum absolute atomic E-state index is 0.0450.